The smallest absolute Gasteiger partial charge is 0.256 e. The Morgan fingerprint density at radius 2 is 1.71 bits per heavy atom. The summed E-state index contributed by atoms with van der Waals surface area (Å²) in [5.74, 6) is 0.359. The van der Waals surface area contributed by atoms with E-state index in [4.69, 9.17) is 0 Å². The van der Waals surface area contributed by atoms with Gasteiger partial charge in [0.05, 0.1) is 4.90 Å². The molecule has 3 N–H and O–H groups in total. The first-order chi connectivity index (χ1) is 13.2. The van der Waals surface area contributed by atoms with Crippen LogP contribution in [0.5, 0.6) is 0 Å². The first kappa shape index (κ1) is 22.1. The Morgan fingerprint density at radius 1 is 1.11 bits per heavy atom. The minimum Gasteiger partial charge on any atom is -0.271 e. The number of thioether (sulfide) groups is 1. The van der Waals surface area contributed by atoms with Crippen molar-refractivity contribution in [2.75, 3.05) is 17.4 Å². The minimum atomic E-state index is -3.83. The van der Waals surface area contributed by atoms with Crippen molar-refractivity contribution in [3.8, 4) is 0 Å². The van der Waals surface area contributed by atoms with Crippen molar-refractivity contribution in [1.29, 1.82) is 0 Å². The van der Waals surface area contributed by atoms with E-state index in [0.29, 0.717) is 12.2 Å². The number of nitrogens with one attached hydrogen (secondary N) is 3. The first-order valence-corrected chi connectivity index (χ1v) is 11.5. The number of benzene rings is 1. The van der Waals surface area contributed by atoms with Gasteiger partial charge in [-0.15, -0.1) is 0 Å². The van der Waals surface area contributed by atoms with E-state index in [1.165, 1.54) is 23.9 Å². The Labute approximate surface area is 170 Å². The van der Waals surface area contributed by atoms with Crippen LogP contribution in [0.25, 0.3) is 0 Å². The number of sulfonamides is 1. The van der Waals surface area contributed by atoms with Crippen LogP contribution in [-0.2, 0) is 14.8 Å². The average Bonchev–Trinajstić information content (AvgIpc) is 2.62. The zero-order chi connectivity index (χ0) is 20.7. The van der Waals surface area contributed by atoms with Gasteiger partial charge >= 0.3 is 0 Å². The zero-order valence-electron chi connectivity index (χ0n) is 16.3. The molecule has 8 nitrogen and oxygen atoms in total. The van der Waals surface area contributed by atoms with Crippen molar-refractivity contribution in [1.82, 2.24) is 20.1 Å². The van der Waals surface area contributed by atoms with Gasteiger partial charge in [-0.2, -0.15) is 16.5 Å². The molecule has 1 atom stereocenters. The van der Waals surface area contributed by atoms with E-state index in [0.717, 1.165) is 17.0 Å². The molecule has 1 amide bonds. The average molecular weight is 424 g/mol. The van der Waals surface area contributed by atoms with E-state index in [1.54, 1.807) is 12.1 Å². The van der Waals surface area contributed by atoms with Crippen LogP contribution in [-0.4, -0.2) is 42.3 Å². The summed E-state index contributed by atoms with van der Waals surface area (Å²) in [7, 11) is -3.83. The first-order valence-electron chi connectivity index (χ1n) is 8.67. The number of anilines is 1. The van der Waals surface area contributed by atoms with E-state index in [2.05, 4.69) is 25.5 Å². The monoisotopic (exact) mass is 423 g/mol. The largest absolute Gasteiger partial charge is 0.271 e. The predicted octanol–water partition coefficient (Wildman–Crippen LogP) is 1.95. The molecule has 0 aliphatic carbocycles. The second kappa shape index (κ2) is 9.85. The lowest BCUT2D eigenvalue weighted by Gasteiger charge is -2.18. The van der Waals surface area contributed by atoms with Crippen LogP contribution in [0.3, 0.4) is 0 Å². The van der Waals surface area contributed by atoms with Gasteiger partial charge < -0.3 is 0 Å². The van der Waals surface area contributed by atoms with Crippen molar-refractivity contribution >= 4 is 33.6 Å². The van der Waals surface area contributed by atoms with Crippen LogP contribution in [0.1, 0.15) is 23.4 Å². The third kappa shape index (κ3) is 6.47. The number of nitrogens with zero attached hydrogens (tertiary/aromatic N) is 2. The molecule has 152 valence electrons. The molecule has 1 unspecified atom stereocenters. The van der Waals surface area contributed by atoms with Crippen molar-refractivity contribution in [2.45, 2.75) is 38.1 Å². The molecule has 28 heavy (non-hydrogen) atoms. The maximum atomic E-state index is 12.6. The maximum absolute atomic E-state index is 12.6. The van der Waals surface area contributed by atoms with E-state index < -0.39 is 22.0 Å². The molecule has 0 fully saturated rings. The second-order valence-corrected chi connectivity index (χ2v) is 9.06. The normalized spacial score (nSPS) is 12.4. The molecule has 1 aromatic heterocycles. The van der Waals surface area contributed by atoms with Crippen LogP contribution < -0.4 is 15.6 Å². The summed E-state index contributed by atoms with van der Waals surface area (Å²) in [4.78, 5) is 21.1. The molecule has 2 rings (SSSR count). The molecule has 0 radical (unpaired) electrons. The third-order valence-electron chi connectivity index (χ3n) is 3.84. The number of aryl methyl sites for hydroxylation is 3. The Bertz CT molecular complexity index is 897. The Hall–Kier alpha value is -2.17. The highest BCUT2D eigenvalue weighted by molar-refractivity contribution is 7.98. The van der Waals surface area contributed by atoms with Gasteiger partial charge in [-0.1, -0.05) is 17.7 Å². The molecule has 0 spiro atoms. The van der Waals surface area contributed by atoms with Crippen LogP contribution in [0.4, 0.5) is 5.95 Å². The van der Waals surface area contributed by atoms with E-state index in [-0.39, 0.29) is 10.8 Å². The van der Waals surface area contributed by atoms with Crippen LogP contribution in [0.2, 0.25) is 0 Å². The minimum absolute atomic E-state index is 0.116. The summed E-state index contributed by atoms with van der Waals surface area (Å²) < 4.78 is 27.8. The van der Waals surface area contributed by atoms with Gasteiger partial charge in [-0.3, -0.25) is 15.6 Å². The molecule has 0 aliphatic heterocycles. The van der Waals surface area contributed by atoms with Crippen molar-refractivity contribution in [2.24, 2.45) is 0 Å². The number of hydrogen-bond acceptors (Lipinski definition) is 7. The number of hydrazine groups is 1. The van der Waals surface area contributed by atoms with Crippen molar-refractivity contribution in [3.05, 3.63) is 47.3 Å². The van der Waals surface area contributed by atoms with Crippen LogP contribution in [0.15, 0.2) is 35.2 Å². The summed E-state index contributed by atoms with van der Waals surface area (Å²) >= 11 is 1.53. The molecule has 1 aromatic carbocycles. The third-order valence-corrected chi connectivity index (χ3v) is 5.97. The molecule has 0 saturated carbocycles. The summed E-state index contributed by atoms with van der Waals surface area (Å²) in [5.41, 5.74) is 7.61. The number of hydrogen-bond donors (Lipinski definition) is 3. The van der Waals surface area contributed by atoms with Crippen LogP contribution in [0, 0.1) is 20.8 Å². The lowest BCUT2D eigenvalue weighted by Crippen LogP contribution is -2.48. The maximum Gasteiger partial charge on any atom is 0.256 e. The van der Waals surface area contributed by atoms with Crippen molar-refractivity contribution in [3.63, 3.8) is 0 Å². The second-order valence-electron chi connectivity index (χ2n) is 6.36. The fourth-order valence-corrected chi connectivity index (χ4v) is 4.14. The molecule has 1 heterocycles. The zero-order valence-corrected chi connectivity index (χ0v) is 17.9. The van der Waals surface area contributed by atoms with Crippen molar-refractivity contribution < 1.29 is 13.2 Å². The topological polar surface area (TPSA) is 113 Å². The van der Waals surface area contributed by atoms with Gasteiger partial charge in [0.1, 0.15) is 6.04 Å². The Morgan fingerprint density at radius 3 is 2.29 bits per heavy atom. The van der Waals surface area contributed by atoms with E-state index in [9.17, 15) is 13.2 Å². The number of rotatable bonds is 9. The molecule has 0 aliphatic rings. The fraction of sp³-hybridized carbons (Fsp3) is 0.389. The highest BCUT2D eigenvalue weighted by Gasteiger charge is 2.25. The van der Waals surface area contributed by atoms with Gasteiger partial charge in [-0.05, 0) is 57.4 Å². The quantitative estimate of drug-likeness (QED) is 0.528. The number of carbonyl (C=O) groups is 1. The van der Waals surface area contributed by atoms with Crippen LogP contribution >= 0.6 is 11.8 Å². The molecular formula is C18H25N5O3S2. The number of amides is 1. The number of aromatic nitrogens is 2. The summed E-state index contributed by atoms with van der Waals surface area (Å²) in [6.07, 6.45) is 2.23. The Balaban J connectivity index is 2.10. The molecule has 0 bridgehead atoms. The van der Waals surface area contributed by atoms with E-state index in [1.807, 2.05) is 33.1 Å². The molecule has 0 saturated heterocycles. The predicted molar refractivity (Wildman–Crippen MR) is 112 cm³/mol. The van der Waals surface area contributed by atoms with E-state index >= 15 is 0 Å². The molecular weight excluding hydrogens is 398 g/mol. The number of carbonyl (C=O) groups excluding carboxylic acids is 1. The van der Waals surface area contributed by atoms with Gasteiger partial charge in [-0.25, -0.2) is 18.4 Å². The van der Waals surface area contributed by atoms with Gasteiger partial charge in [0.25, 0.3) is 5.91 Å². The van der Waals surface area contributed by atoms with Gasteiger partial charge in [0, 0.05) is 11.4 Å². The Kier molecular flexibility index (Phi) is 7.78. The lowest BCUT2D eigenvalue weighted by molar-refractivity contribution is -0.122. The SMILES string of the molecule is CSCCC(NS(=O)(=O)c1ccc(C)cc1)C(=O)NNc1nc(C)cc(C)n1. The summed E-state index contributed by atoms with van der Waals surface area (Å²) in [5, 5.41) is 0. The molecule has 10 heteroatoms. The highest BCUT2D eigenvalue weighted by Crippen LogP contribution is 2.12. The lowest BCUT2D eigenvalue weighted by atomic mass is 10.2. The highest BCUT2D eigenvalue weighted by atomic mass is 32.2. The standard InChI is InChI=1S/C18H25N5O3S2/c1-12-5-7-15(8-6-12)28(25,26)23-16(9-10-27-4)17(24)21-22-18-19-13(2)11-14(3)20-18/h5-8,11,16,23H,9-10H2,1-4H3,(H,21,24)(H,19,20,22). The molecule has 2 aromatic rings. The van der Waals surface area contributed by atoms with Gasteiger partial charge in [0.2, 0.25) is 16.0 Å². The fourth-order valence-electron chi connectivity index (χ4n) is 2.44. The van der Waals surface area contributed by atoms with Gasteiger partial charge in [0.15, 0.2) is 0 Å². The summed E-state index contributed by atoms with van der Waals surface area (Å²) in [6.45, 7) is 5.51. The summed E-state index contributed by atoms with van der Waals surface area (Å²) in [6, 6.07) is 7.34.